The van der Waals surface area contributed by atoms with Gasteiger partial charge in [0.25, 0.3) is 0 Å². The van der Waals surface area contributed by atoms with Gasteiger partial charge in [0.2, 0.25) is 0 Å². The predicted molar refractivity (Wildman–Crippen MR) is 362 cm³/mol. The normalized spacial score (nSPS) is 12.7. The molecule has 0 aromatic heterocycles. The van der Waals surface area contributed by atoms with E-state index in [-0.39, 0.29) is 31.1 Å². The Kier molecular flexibility index (Phi) is 67.7. The van der Waals surface area contributed by atoms with Crippen LogP contribution in [-0.2, 0) is 28.6 Å². The van der Waals surface area contributed by atoms with E-state index in [1.165, 1.54) is 199 Å². The average Bonchev–Trinajstić information content (AvgIpc) is 3.49. The van der Waals surface area contributed by atoms with Crippen LogP contribution < -0.4 is 0 Å². The number of unbranched alkanes of at least 4 members (excludes halogenated alkanes) is 38. The smallest absolute Gasteiger partial charge is 0.306 e. The summed E-state index contributed by atoms with van der Waals surface area (Å²) in [5, 5.41) is 0. The summed E-state index contributed by atoms with van der Waals surface area (Å²) in [6.45, 7) is 6.48. The number of ether oxygens (including phenoxy) is 3. The van der Waals surface area contributed by atoms with Crippen LogP contribution in [0.5, 0.6) is 0 Å². The van der Waals surface area contributed by atoms with E-state index in [2.05, 4.69) is 118 Å². The third kappa shape index (κ3) is 69.0. The number of hydrogen-bond acceptors (Lipinski definition) is 6. The summed E-state index contributed by atoms with van der Waals surface area (Å²) >= 11 is 0. The molecule has 0 N–H and O–H groups in total. The highest BCUT2D eigenvalue weighted by Gasteiger charge is 2.19. The van der Waals surface area contributed by atoms with E-state index in [9.17, 15) is 14.4 Å². The second kappa shape index (κ2) is 70.8. The van der Waals surface area contributed by atoms with Gasteiger partial charge < -0.3 is 14.2 Å². The van der Waals surface area contributed by atoms with E-state index in [1.54, 1.807) is 0 Å². The lowest BCUT2D eigenvalue weighted by atomic mass is 10.0. The zero-order valence-electron chi connectivity index (χ0n) is 54.9. The first-order valence-corrected chi connectivity index (χ1v) is 35.7. The van der Waals surface area contributed by atoms with Gasteiger partial charge in [0.15, 0.2) is 6.10 Å². The van der Waals surface area contributed by atoms with Crippen molar-refractivity contribution in [2.24, 2.45) is 0 Å². The summed E-state index contributed by atoms with van der Waals surface area (Å²) < 4.78 is 17.0. The third-order valence-corrected chi connectivity index (χ3v) is 15.5. The van der Waals surface area contributed by atoms with Crippen molar-refractivity contribution in [2.75, 3.05) is 13.2 Å². The number of carbonyl (C=O) groups excluding carboxylic acids is 3. The Hall–Kier alpha value is -3.67. The molecule has 0 aliphatic heterocycles. The summed E-state index contributed by atoms with van der Waals surface area (Å²) in [6.07, 6.45) is 95.8. The molecule has 0 spiro atoms. The fourth-order valence-corrected chi connectivity index (χ4v) is 10.2. The molecule has 0 radical (unpaired) electrons. The maximum absolute atomic E-state index is 12.9. The van der Waals surface area contributed by atoms with Crippen LogP contribution in [0.4, 0.5) is 0 Å². The van der Waals surface area contributed by atoms with E-state index < -0.39 is 6.10 Å². The number of hydrogen-bond donors (Lipinski definition) is 0. The SMILES string of the molecule is CC/C=C\C/C=C\C/C=C\C/C=C\CCCCCCCCCCCCCCCCCCCCC(=O)OCC(COC(=O)CCCCCCC/C=C\C/C=C\CCC)OC(=O)CCCCCCCCCCC/C=C\C/C=C\CCCCCCC. The maximum Gasteiger partial charge on any atom is 0.306 e. The van der Waals surface area contributed by atoms with Crippen LogP contribution in [0, 0.1) is 0 Å². The highest BCUT2D eigenvalue weighted by atomic mass is 16.6. The van der Waals surface area contributed by atoms with Gasteiger partial charge in [-0.2, -0.15) is 0 Å². The second-order valence-electron chi connectivity index (χ2n) is 23.8. The summed E-state index contributed by atoms with van der Waals surface area (Å²) in [4.78, 5) is 38.4. The van der Waals surface area contributed by atoms with Crippen molar-refractivity contribution in [3.63, 3.8) is 0 Å². The largest absolute Gasteiger partial charge is 0.462 e. The Morgan fingerprint density at radius 2 is 0.494 bits per heavy atom. The molecule has 6 heteroatoms. The molecule has 0 saturated heterocycles. The monoisotopic (exact) mass is 1160 g/mol. The van der Waals surface area contributed by atoms with Gasteiger partial charge in [-0.15, -0.1) is 0 Å². The molecule has 83 heavy (non-hydrogen) atoms. The minimum Gasteiger partial charge on any atom is -0.462 e. The van der Waals surface area contributed by atoms with Crippen LogP contribution in [0.15, 0.2) is 97.2 Å². The molecule has 0 aromatic rings. The lowest BCUT2D eigenvalue weighted by molar-refractivity contribution is -0.167. The van der Waals surface area contributed by atoms with Crippen molar-refractivity contribution in [1.29, 1.82) is 0 Å². The van der Waals surface area contributed by atoms with Gasteiger partial charge in [-0.25, -0.2) is 0 Å². The molecule has 0 amide bonds. The fraction of sp³-hybridized carbons (Fsp3) is 0.753. The standard InChI is InChI=1S/C77H134O6/c1-4-7-10-13-16-19-22-25-27-29-31-33-34-35-36-37-38-39-40-41-42-44-45-47-49-52-55-58-61-64-67-70-76(79)82-73-74(72-81-75(78)69-66-63-60-57-54-51-24-21-18-15-12-9-6-3)83-77(80)71-68-65-62-59-56-53-50-48-46-43-32-30-28-26-23-20-17-14-11-8-5-2/h7,10,12,15-16,19,21,23-27,30-33,74H,4-6,8-9,11,13-14,17-18,20,22,28-29,34-73H2,1-3H3/b10-7-,15-12-,19-16-,24-21-,26-23-,27-25-,32-30-,33-31-. The van der Waals surface area contributed by atoms with Crippen LogP contribution >= 0.6 is 0 Å². The summed E-state index contributed by atoms with van der Waals surface area (Å²) in [5.41, 5.74) is 0. The summed E-state index contributed by atoms with van der Waals surface area (Å²) in [5.74, 6) is -0.883. The Balaban J connectivity index is 4.22. The first-order valence-electron chi connectivity index (χ1n) is 35.7. The summed E-state index contributed by atoms with van der Waals surface area (Å²) in [6, 6.07) is 0. The first kappa shape index (κ1) is 79.3. The highest BCUT2D eigenvalue weighted by Crippen LogP contribution is 2.17. The molecule has 6 nitrogen and oxygen atoms in total. The van der Waals surface area contributed by atoms with Gasteiger partial charge in [0, 0.05) is 19.3 Å². The van der Waals surface area contributed by atoms with Gasteiger partial charge in [-0.05, 0) is 116 Å². The minimum absolute atomic E-state index is 0.0805. The molecule has 0 bridgehead atoms. The topological polar surface area (TPSA) is 78.9 Å². The Bertz CT molecular complexity index is 1610. The molecule has 0 aliphatic carbocycles. The minimum atomic E-state index is -0.786. The lowest BCUT2D eigenvalue weighted by Gasteiger charge is -2.18. The number of esters is 3. The average molecular weight is 1160 g/mol. The van der Waals surface area contributed by atoms with E-state index >= 15 is 0 Å². The van der Waals surface area contributed by atoms with Crippen molar-refractivity contribution in [2.45, 2.75) is 361 Å². The molecule has 0 saturated carbocycles. The van der Waals surface area contributed by atoms with Crippen molar-refractivity contribution < 1.29 is 28.6 Å². The molecule has 1 unspecified atom stereocenters. The van der Waals surface area contributed by atoms with E-state index in [0.29, 0.717) is 19.3 Å². The molecule has 0 aliphatic rings. The molecule has 0 fully saturated rings. The van der Waals surface area contributed by atoms with E-state index in [0.717, 1.165) is 116 Å². The van der Waals surface area contributed by atoms with Crippen molar-refractivity contribution >= 4 is 17.9 Å². The van der Waals surface area contributed by atoms with Crippen LogP contribution in [0.25, 0.3) is 0 Å². The zero-order valence-corrected chi connectivity index (χ0v) is 54.9. The molecule has 478 valence electrons. The Morgan fingerprint density at radius 3 is 0.783 bits per heavy atom. The molecule has 0 rings (SSSR count). The lowest BCUT2D eigenvalue weighted by Crippen LogP contribution is -2.30. The number of allylic oxidation sites excluding steroid dienone is 16. The van der Waals surface area contributed by atoms with Crippen molar-refractivity contribution in [1.82, 2.24) is 0 Å². The van der Waals surface area contributed by atoms with Crippen LogP contribution in [0.3, 0.4) is 0 Å². The predicted octanol–water partition coefficient (Wildman–Crippen LogP) is 24.8. The van der Waals surface area contributed by atoms with Crippen LogP contribution in [0.1, 0.15) is 355 Å². The zero-order chi connectivity index (χ0) is 59.9. The van der Waals surface area contributed by atoms with Gasteiger partial charge in [0.05, 0.1) is 0 Å². The van der Waals surface area contributed by atoms with Crippen LogP contribution in [0.2, 0.25) is 0 Å². The van der Waals surface area contributed by atoms with E-state index in [4.69, 9.17) is 14.2 Å². The quantitative estimate of drug-likeness (QED) is 0.0261. The molecular formula is C77H134O6. The molecule has 1 atom stereocenters. The first-order chi connectivity index (χ1) is 41.0. The highest BCUT2D eigenvalue weighted by molar-refractivity contribution is 5.71. The van der Waals surface area contributed by atoms with Gasteiger partial charge in [-0.1, -0.05) is 317 Å². The number of rotatable bonds is 65. The molecular weight excluding hydrogens is 1020 g/mol. The number of carbonyl (C=O) groups is 3. The molecule has 0 aromatic carbocycles. The Morgan fingerprint density at radius 1 is 0.253 bits per heavy atom. The van der Waals surface area contributed by atoms with Gasteiger partial charge >= 0.3 is 17.9 Å². The second-order valence-corrected chi connectivity index (χ2v) is 23.8. The molecule has 0 heterocycles. The van der Waals surface area contributed by atoms with Gasteiger partial charge in [-0.3, -0.25) is 14.4 Å². The van der Waals surface area contributed by atoms with Gasteiger partial charge in [0.1, 0.15) is 13.2 Å². The third-order valence-electron chi connectivity index (χ3n) is 15.5. The van der Waals surface area contributed by atoms with Crippen LogP contribution in [-0.4, -0.2) is 37.2 Å². The Labute approximate surface area is 515 Å². The van der Waals surface area contributed by atoms with Crippen molar-refractivity contribution in [3.05, 3.63) is 97.2 Å². The van der Waals surface area contributed by atoms with Crippen molar-refractivity contribution in [3.8, 4) is 0 Å². The fourth-order valence-electron chi connectivity index (χ4n) is 10.2. The maximum atomic E-state index is 12.9. The van der Waals surface area contributed by atoms with E-state index in [1.807, 2.05) is 0 Å². The summed E-state index contributed by atoms with van der Waals surface area (Å²) in [7, 11) is 0.